The summed E-state index contributed by atoms with van der Waals surface area (Å²) in [4.78, 5) is 0. The van der Waals surface area contributed by atoms with E-state index < -0.39 is 0 Å². The van der Waals surface area contributed by atoms with E-state index in [4.69, 9.17) is 22.1 Å². The van der Waals surface area contributed by atoms with Crippen molar-refractivity contribution < 1.29 is 4.74 Å². The molecule has 0 unspecified atom stereocenters. The van der Waals surface area contributed by atoms with E-state index in [9.17, 15) is 0 Å². The smallest absolute Gasteiger partial charge is 0.0735 e. The van der Waals surface area contributed by atoms with Crippen molar-refractivity contribution in [3.05, 3.63) is 64.7 Å². The summed E-state index contributed by atoms with van der Waals surface area (Å²) < 4.78 is 5.60. The summed E-state index contributed by atoms with van der Waals surface area (Å²) in [6, 6.07) is 15.3. The fraction of sp³-hybridized carbons (Fsp3) is 0.143. The molecule has 2 nitrogen and oxygen atoms in total. The van der Waals surface area contributed by atoms with Crippen LogP contribution in [0.1, 0.15) is 11.1 Å². The van der Waals surface area contributed by atoms with E-state index in [1.54, 1.807) is 0 Å². The second-order valence-electron chi connectivity index (χ2n) is 3.83. The molecule has 0 spiro atoms. The Morgan fingerprint density at radius 3 is 2.35 bits per heavy atom. The van der Waals surface area contributed by atoms with Crippen LogP contribution in [0.25, 0.3) is 0 Å². The van der Waals surface area contributed by atoms with Crippen molar-refractivity contribution in [3.63, 3.8) is 0 Å². The number of nitrogen functional groups attached to an aromatic ring is 1. The van der Waals surface area contributed by atoms with E-state index in [-0.39, 0.29) is 0 Å². The van der Waals surface area contributed by atoms with Gasteiger partial charge in [0.25, 0.3) is 0 Å². The Morgan fingerprint density at radius 2 is 1.65 bits per heavy atom. The van der Waals surface area contributed by atoms with Crippen molar-refractivity contribution in [1.29, 1.82) is 0 Å². The van der Waals surface area contributed by atoms with Crippen molar-refractivity contribution in [2.45, 2.75) is 13.2 Å². The van der Waals surface area contributed by atoms with Crippen LogP contribution in [-0.4, -0.2) is 0 Å². The first-order valence-electron chi connectivity index (χ1n) is 5.41. The van der Waals surface area contributed by atoms with E-state index in [1.807, 2.05) is 48.5 Å². The molecule has 3 heteroatoms. The number of anilines is 1. The largest absolute Gasteiger partial charge is 0.399 e. The van der Waals surface area contributed by atoms with Crippen LogP contribution < -0.4 is 5.73 Å². The van der Waals surface area contributed by atoms with Gasteiger partial charge in [-0.25, -0.2) is 0 Å². The molecule has 0 fully saturated rings. The molecule has 2 N–H and O–H groups in total. The number of ether oxygens (including phenoxy) is 1. The average Bonchev–Trinajstić information content (AvgIpc) is 2.34. The van der Waals surface area contributed by atoms with Gasteiger partial charge < -0.3 is 10.5 Å². The van der Waals surface area contributed by atoms with Gasteiger partial charge in [0.15, 0.2) is 0 Å². The predicted molar refractivity (Wildman–Crippen MR) is 70.8 cm³/mol. The molecule has 0 saturated carbocycles. The lowest BCUT2D eigenvalue weighted by Gasteiger charge is -2.06. The molecule has 2 aromatic rings. The van der Waals surface area contributed by atoms with Crippen LogP contribution in [0.15, 0.2) is 48.5 Å². The molecule has 0 amide bonds. The Hall–Kier alpha value is -1.51. The van der Waals surface area contributed by atoms with Gasteiger partial charge in [-0.1, -0.05) is 41.9 Å². The lowest BCUT2D eigenvalue weighted by atomic mass is 10.2. The molecule has 17 heavy (non-hydrogen) atoms. The highest BCUT2D eigenvalue weighted by Gasteiger charge is 1.99. The summed E-state index contributed by atoms with van der Waals surface area (Å²) in [6.45, 7) is 1.08. The van der Waals surface area contributed by atoms with Crippen LogP contribution in [0.3, 0.4) is 0 Å². The van der Waals surface area contributed by atoms with Gasteiger partial charge in [0.05, 0.1) is 13.2 Å². The maximum Gasteiger partial charge on any atom is 0.0735 e. The van der Waals surface area contributed by atoms with Crippen LogP contribution in [0.5, 0.6) is 0 Å². The minimum Gasteiger partial charge on any atom is -0.399 e. The zero-order chi connectivity index (χ0) is 12.1. The normalized spacial score (nSPS) is 10.4. The maximum atomic E-state index is 6.03. The SMILES string of the molecule is Nc1ccc(COCc2ccccc2Cl)cc1. The van der Waals surface area contributed by atoms with Gasteiger partial charge >= 0.3 is 0 Å². The molecule has 0 heterocycles. The topological polar surface area (TPSA) is 35.2 Å². The number of hydrogen-bond acceptors (Lipinski definition) is 2. The zero-order valence-corrected chi connectivity index (χ0v) is 10.2. The third-order valence-electron chi connectivity index (χ3n) is 2.46. The highest BCUT2D eigenvalue weighted by atomic mass is 35.5. The van der Waals surface area contributed by atoms with E-state index in [0.717, 1.165) is 21.8 Å². The summed E-state index contributed by atoms with van der Waals surface area (Å²) in [5.74, 6) is 0. The van der Waals surface area contributed by atoms with Gasteiger partial charge in [-0.2, -0.15) is 0 Å². The van der Waals surface area contributed by atoms with Gasteiger partial charge in [-0.05, 0) is 29.3 Å². The molecule has 0 radical (unpaired) electrons. The summed E-state index contributed by atoms with van der Waals surface area (Å²) >= 11 is 6.03. The Balaban J connectivity index is 1.88. The average molecular weight is 248 g/mol. The predicted octanol–water partition coefficient (Wildman–Crippen LogP) is 3.64. The molecule has 88 valence electrons. The minimum absolute atomic E-state index is 0.518. The van der Waals surface area contributed by atoms with Gasteiger partial charge in [0.1, 0.15) is 0 Å². The molecular weight excluding hydrogens is 234 g/mol. The Kier molecular flexibility index (Phi) is 4.02. The minimum atomic E-state index is 0.518. The van der Waals surface area contributed by atoms with E-state index in [2.05, 4.69) is 0 Å². The van der Waals surface area contributed by atoms with Crippen LogP contribution in [0, 0.1) is 0 Å². The Bertz CT molecular complexity index is 482. The van der Waals surface area contributed by atoms with Crippen LogP contribution >= 0.6 is 11.6 Å². The molecule has 0 atom stereocenters. The van der Waals surface area contributed by atoms with E-state index in [1.165, 1.54) is 0 Å². The van der Waals surface area contributed by atoms with Gasteiger partial charge in [0, 0.05) is 10.7 Å². The second-order valence-corrected chi connectivity index (χ2v) is 4.23. The molecule has 0 aromatic heterocycles. The molecule has 0 saturated heterocycles. The van der Waals surface area contributed by atoms with Gasteiger partial charge in [0.2, 0.25) is 0 Å². The summed E-state index contributed by atoms with van der Waals surface area (Å²) in [7, 11) is 0. The maximum absolute atomic E-state index is 6.03. The lowest BCUT2D eigenvalue weighted by molar-refractivity contribution is 0.107. The summed E-state index contributed by atoms with van der Waals surface area (Å²) in [6.07, 6.45) is 0. The number of benzene rings is 2. The summed E-state index contributed by atoms with van der Waals surface area (Å²) in [5.41, 5.74) is 8.48. The van der Waals surface area contributed by atoms with Crippen molar-refractivity contribution in [2.75, 3.05) is 5.73 Å². The number of rotatable bonds is 4. The highest BCUT2D eigenvalue weighted by molar-refractivity contribution is 6.31. The number of nitrogens with two attached hydrogens (primary N) is 1. The standard InChI is InChI=1S/C14H14ClNO/c15-14-4-2-1-3-12(14)10-17-9-11-5-7-13(16)8-6-11/h1-8H,9-10,16H2. The van der Waals surface area contributed by atoms with Crippen LogP contribution in [-0.2, 0) is 18.0 Å². The van der Waals surface area contributed by atoms with Gasteiger partial charge in [-0.3, -0.25) is 0 Å². The van der Waals surface area contributed by atoms with Crippen LogP contribution in [0.4, 0.5) is 5.69 Å². The van der Waals surface area contributed by atoms with Gasteiger partial charge in [-0.15, -0.1) is 0 Å². The molecule has 0 aliphatic heterocycles. The first-order chi connectivity index (χ1) is 8.25. The zero-order valence-electron chi connectivity index (χ0n) is 9.40. The van der Waals surface area contributed by atoms with Crippen LogP contribution in [0.2, 0.25) is 5.02 Å². The highest BCUT2D eigenvalue weighted by Crippen LogP contribution is 2.16. The van der Waals surface area contributed by atoms with E-state index in [0.29, 0.717) is 13.2 Å². The monoisotopic (exact) mass is 247 g/mol. The van der Waals surface area contributed by atoms with Crippen molar-refractivity contribution in [3.8, 4) is 0 Å². The van der Waals surface area contributed by atoms with Crippen molar-refractivity contribution in [1.82, 2.24) is 0 Å². The molecular formula is C14H14ClNO. The Labute approximate surface area is 106 Å². The summed E-state index contributed by atoms with van der Waals surface area (Å²) in [5, 5.41) is 0.741. The molecule has 0 aliphatic carbocycles. The first-order valence-corrected chi connectivity index (χ1v) is 5.79. The molecule has 2 rings (SSSR count). The molecule has 0 bridgehead atoms. The third-order valence-corrected chi connectivity index (χ3v) is 2.83. The molecule has 0 aliphatic rings. The lowest BCUT2D eigenvalue weighted by Crippen LogP contribution is -1.95. The fourth-order valence-corrected chi connectivity index (χ4v) is 1.70. The fourth-order valence-electron chi connectivity index (χ4n) is 1.51. The first kappa shape index (κ1) is 12.0. The Morgan fingerprint density at radius 1 is 0.941 bits per heavy atom. The number of halogens is 1. The van der Waals surface area contributed by atoms with Crippen molar-refractivity contribution in [2.24, 2.45) is 0 Å². The second kappa shape index (κ2) is 5.71. The molecule has 2 aromatic carbocycles. The quantitative estimate of drug-likeness (QED) is 0.838. The third kappa shape index (κ3) is 3.48. The number of hydrogen-bond donors (Lipinski definition) is 1. The van der Waals surface area contributed by atoms with E-state index >= 15 is 0 Å². The van der Waals surface area contributed by atoms with Crippen molar-refractivity contribution >= 4 is 17.3 Å².